The molecule has 0 N–H and O–H groups in total. The van der Waals surface area contributed by atoms with Crippen molar-refractivity contribution in [1.29, 1.82) is 0 Å². The van der Waals surface area contributed by atoms with Gasteiger partial charge in [0.05, 0.1) is 22.2 Å². The van der Waals surface area contributed by atoms with Crippen molar-refractivity contribution < 1.29 is 4.39 Å². The average molecular weight is 772 g/mol. The van der Waals surface area contributed by atoms with Crippen molar-refractivity contribution in [2.24, 2.45) is 0 Å². The summed E-state index contributed by atoms with van der Waals surface area (Å²) in [5.74, 6) is -0.272. The highest BCUT2D eigenvalue weighted by molar-refractivity contribution is 6.11. The number of rotatable bonds is 5. The molecule has 0 saturated carbocycles. The molecule has 0 aliphatic heterocycles. The highest BCUT2D eigenvalue weighted by atomic mass is 19.1. The SMILES string of the molecule is CC1(C)c2ccccc2-c2ccc(-c3ccc4c(c3)c3ccccc3n4-c3ccc(-c4cccc(-c5ccc6c(c5)c5cccnc5n6-c5cccc(F)c5)c4)cc3)cc21. The predicted molar refractivity (Wildman–Crippen MR) is 247 cm³/mol. The summed E-state index contributed by atoms with van der Waals surface area (Å²) in [5, 5.41) is 4.60. The quantitative estimate of drug-likeness (QED) is 0.171. The molecule has 60 heavy (non-hydrogen) atoms. The van der Waals surface area contributed by atoms with Gasteiger partial charge in [-0.05, 0) is 141 Å². The lowest BCUT2D eigenvalue weighted by molar-refractivity contribution is 0.627. The molecule has 3 nitrogen and oxygen atoms in total. The van der Waals surface area contributed by atoms with Gasteiger partial charge < -0.3 is 4.57 Å². The minimum absolute atomic E-state index is 0.0447. The molecule has 1 aliphatic carbocycles. The van der Waals surface area contributed by atoms with Gasteiger partial charge in [0.1, 0.15) is 11.5 Å². The standard InChI is InChI=1S/C56H38FN3/c1-56(2)50-17-5-3-14-44(50)45-26-21-40(33-51(45)56)39-22-27-53-48(31-39)46-15-4-6-18-52(46)59(53)42-24-19-35(20-25-42)36-10-7-11-37(30-36)38-23-28-54-49(32-38)47-16-9-29-58-55(47)60(54)43-13-8-12-41(57)34-43/h3-34H,1-2H3. The Hall–Kier alpha value is -7.56. The average Bonchev–Trinajstić information content (AvgIpc) is 3.89. The molecule has 3 heterocycles. The van der Waals surface area contributed by atoms with E-state index in [0.29, 0.717) is 0 Å². The van der Waals surface area contributed by atoms with E-state index in [1.165, 1.54) is 61.3 Å². The number of pyridine rings is 1. The monoisotopic (exact) mass is 771 g/mol. The van der Waals surface area contributed by atoms with E-state index in [4.69, 9.17) is 4.98 Å². The van der Waals surface area contributed by atoms with Crippen LogP contribution in [0.25, 0.3) is 99.6 Å². The van der Waals surface area contributed by atoms with Crippen molar-refractivity contribution >= 4 is 43.7 Å². The first-order valence-electron chi connectivity index (χ1n) is 20.6. The molecule has 8 aromatic carbocycles. The lowest BCUT2D eigenvalue weighted by Gasteiger charge is -2.22. The molecule has 284 valence electrons. The molecule has 11 aromatic rings. The highest BCUT2D eigenvalue weighted by Crippen LogP contribution is 2.50. The largest absolute Gasteiger partial charge is 0.309 e. The van der Waals surface area contributed by atoms with Gasteiger partial charge >= 0.3 is 0 Å². The second-order valence-corrected chi connectivity index (χ2v) is 16.6. The Kier molecular flexibility index (Phi) is 7.45. The lowest BCUT2D eigenvalue weighted by Crippen LogP contribution is -2.14. The second-order valence-electron chi connectivity index (χ2n) is 16.6. The first-order valence-corrected chi connectivity index (χ1v) is 20.6. The summed E-state index contributed by atoms with van der Waals surface area (Å²) in [6.45, 7) is 4.69. The molecule has 0 bridgehead atoms. The van der Waals surface area contributed by atoms with Gasteiger partial charge in [0.15, 0.2) is 0 Å². The van der Waals surface area contributed by atoms with Crippen LogP contribution in [0.15, 0.2) is 194 Å². The molecular weight excluding hydrogens is 734 g/mol. The number of aromatic nitrogens is 3. The summed E-state index contributed by atoms with van der Waals surface area (Å²) in [5.41, 5.74) is 18.5. The molecule has 1 aliphatic rings. The maximum absolute atomic E-state index is 14.4. The normalized spacial score (nSPS) is 13.1. The van der Waals surface area contributed by atoms with Crippen molar-refractivity contribution in [3.8, 4) is 55.9 Å². The lowest BCUT2D eigenvalue weighted by atomic mass is 9.81. The van der Waals surface area contributed by atoms with Crippen LogP contribution in [-0.2, 0) is 5.41 Å². The second kappa shape index (κ2) is 13.0. The molecule has 0 fully saturated rings. The zero-order valence-corrected chi connectivity index (χ0v) is 33.2. The number of hydrogen-bond acceptors (Lipinski definition) is 1. The van der Waals surface area contributed by atoms with Gasteiger partial charge in [-0.1, -0.05) is 117 Å². The van der Waals surface area contributed by atoms with Crippen molar-refractivity contribution in [1.82, 2.24) is 14.1 Å². The van der Waals surface area contributed by atoms with Crippen molar-refractivity contribution in [3.63, 3.8) is 0 Å². The van der Waals surface area contributed by atoms with E-state index in [1.54, 1.807) is 18.3 Å². The van der Waals surface area contributed by atoms with Gasteiger partial charge in [0, 0.05) is 38.8 Å². The van der Waals surface area contributed by atoms with E-state index in [2.05, 4.69) is 176 Å². The summed E-state index contributed by atoms with van der Waals surface area (Å²) in [7, 11) is 0. The first kappa shape index (κ1) is 34.5. The fourth-order valence-electron chi connectivity index (χ4n) is 9.90. The molecule has 3 aromatic heterocycles. The number of benzene rings is 8. The molecule has 0 radical (unpaired) electrons. The highest BCUT2D eigenvalue weighted by Gasteiger charge is 2.35. The molecule has 0 saturated heterocycles. The van der Waals surface area contributed by atoms with Gasteiger partial charge in [-0.15, -0.1) is 0 Å². The van der Waals surface area contributed by atoms with Gasteiger partial charge in [-0.2, -0.15) is 0 Å². The molecule has 0 amide bonds. The number of fused-ring (bicyclic) bond motifs is 9. The number of halogens is 1. The van der Waals surface area contributed by atoms with Gasteiger partial charge in [0.2, 0.25) is 0 Å². The Morgan fingerprint density at radius 2 is 1.00 bits per heavy atom. The Morgan fingerprint density at radius 3 is 1.82 bits per heavy atom. The van der Waals surface area contributed by atoms with E-state index >= 15 is 0 Å². The zero-order valence-electron chi connectivity index (χ0n) is 33.2. The summed E-state index contributed by atoms with van der Waals surface area (Å²) < 4.78 is 18.8. The zero-order chi connectivity index (χ0) is 40.1. The topological polar surface area (TPSA) is 22.8 Å². The summed E-state index contributed by atoms with van der Waals surface area (Å²) in [6.07, 6.45) is 1.79. The molecule has 12 rings (SSSR count). The third-order valence-corrected chi connectivity index (χ3v) is 12.8. The van der Waals surface area contributed by atoms with Crippen molar-refractivity contribution in [3.05, 3.63) is 211 Å². The Labute approximate surface area is 347 Å². The van der Waals surface area contributed by atoms with Crippen molar-refractivity contribution in [2.75, 3.05) is 0 Å². The van der Waals surface area contributed by atoms with Crippen LogP contribution in [0.3, 0.4) is 0 Å². The summed E-state index contributed by atoms with van der Waals surface area (Å²) >= 11 is 0. The fraction of sp³-hybridized carbons (Fsp3) is 0.0536. The van der Waals surface area contributed by atoms with Crippen LogP contribution in [0, 0.1) is 5.82 Å². The van der Waals surface area contributed by atoms with Crippen LogP contribution in [0.4, 0.5) is 4.39 Å². The van der Waals surface area contributed by atoms with Crippen LogP contribution in [0.1, 0.15) is 25.0 Å². The van der Waals surface area contributed by atoms with Gasteiger partial charge in [-0.3, -0.25) is 4.57 Å². The third kappa shape index (κ3) is 5.17. The first-order chi connectivity index (χ1) is 29.4. The Bertz CT molecular complexity index is 3530. The Balaban J connectivity index is 0.895. The predicted octanol–water partition coefficient (Wildman–Crippen LogP) is 14.7. The number of hydrogen-bond donors (Lipinski definition) is 0. The number of para-hydroxylation sites is 1. The Morgan fingerprint density at radius 1 is 0.400 bits per heavy atom. The third-order valence-electron chi connectivity index (χ3n) is 12.8. The summed E-state index contributed by atoms with van der Waals surface area (Å²) in [6, 6.07) is 66.5. The molecule has 0 unspecified atom stereocenters. The molecule has 0 atom stereocenters. The van der Waals surface area contributed by atoms with Crippen LogP contribution < -0.4 is 0 Å². The maximum Gasteiger partial charge on any atom is 0.145 e. The minimum Gasteiger partial charge on any atom is -0.309 e. The van der Waals surface area contributed by atoms with E-state index in [9.17, 15) is 4.39 Å². The van der Waals surface area contributed by atoms with Gasteiger partial charge in [-0.25, -0.2) is 9.37 Å². The van der Waals surface area contributed by atoms with Crippen molar-refractivity contribution in [2.45, 2.75) is 19.3 Å². The molecular formula is C56H38FN3. The molecule has 0 spiro atoms. The van der Waals surface area contributed by atoms with E-state index in [-0.39, 0.29) is 11.2 Å². The van der Waals surface area contributed by atoms with Crippen LogP contribution in [-0.4, -0.2) is 14.1 Å². The molecule has 4 heteroatoms. The van der Waals surface area contributed by atoms with E-state index < -0.39 is 0 Å². The number of nitrogens with zero attached hydrogens (tertiary/aromatic N) is 3. The summed E-state index contributed by atoms with van der Waals surface area (Å²) in [4.78, 5) is 4.72. The smallest absolute Gasteiger partial charge is 0.145 e. The minimum atomic E-state index is -0.272. The van der Waals surface area contributed by atoms with Crippen LogP contribution in [0.2, 0.25) is 0 Å². The van der Waals surface area contributed by atoms with Gasteiger partial charge in [0.25, 0.3) is 0 Å². The fourth-order valence-corrected chi connectivity index (χ4v) is 9.90. The van der Waals surface area contributed by atoms with E-state index in [1.807, 2.05) is 16.7 Å². The maximum atomic E-state index is 14.4. The van der Waals surface area contributed by atoms with E-state index in [0.717, 1.165) is 55.6 Å². The van der Waals surface area contributed by atoms with Crippen LogP contribution >= 0.6 is 0 Å². The van der Waals surface area contributed by atoms with Crippen LogP contribution in [0.5, 0.6) is 0 Å².